The van der Waals surface area contributed by atoms with Crippen molar-refractivity contribution in [1.29, 1.82) is 0 Å². The van der Waals surface area contributed by atoms with Gasteiger partial charge in [-0.15, -0.1) is 0 Å². The van der Waals surface area contributed by atoms with Gasteiger partial charge in [-0.1, -0.05) is 25.1 Å². The van der Waals surface area contributed by atoms with Gasteiger partial charge >= 0.3 is 0 Å². The van der Waals surface area contributed by atoms with E-state index in [4.69, 9.17) is 0 Å². The van der Waals surface area contributed by atoms with E-state index in [2.05, 4.69) is 17.1 Å². The van der Waals surface area contributed by atoms with Gasteiger partial charge in [0.2, 0.25) is 0 Å². The number of nitrogens with zero attached hydrogens (tertiary/aromatic N) is 2. The number of carbonyl (C=O) groups excluding carboxylic acids is 1. The molecule has 0 saturated carbocycles. The van der Waals surface area contributed by atoms with Gasteiger partial charge in [0.15, 0.2) is 0 Å². The molecule has 4 nitrogen and oxygen atoms in total. The second-order valence-electron chi connectivity index (χ2n) is 6.19. The van der Waals surface area contributed by atoms with Crippen LogP contribution in [-0.2, 0) is 7.05 Å². The Labute approximate surface area is 132 Å². The topological polar surface area (TPSA) is 37.3 Å². The number of fused-ring (bicyclic) bond motifs is 1. The van der Waals surface area contributed by atoms with Gasteiger partial charge < -0.3 is 9.88 Å². The lowest BCUT2D eigenvalue weighted by Gasteiger charge is -2.26. The van der Waals surface area contributed by atoms with Crippen LogP contribution in [0.5, 0.6) is 0 Å². The van der Waals surface area contributed by atoms with Crippen LogP contribution < -0.4 is 5.32 Å². The van der Waals surface area contributed by atoms with Crippen molar-refractivity contribution in [2.75, 3.05) is 19.6 Å². The highest BCUT2D eigenvalue weighted by Crippen LogP contribution is 2.20. The van der Waals surface area contributed by atoms with Crippen molar-refractivity contribution in [3.8, 4) is 0 Å². The molecule has 0 bridgehead atoms. The van der Waals surface area contributed by atoms with Crippen molar-refractivity contribution < 1.29 is 4.79 Å². The van der Waals surface area contributed by atoms with E-state index >= 15 is 0 Å². The molecule has 3 rings (SSSR count). The first kappa shape index (κ1) is 15.1. The number of carbonyl (C=O) groups is 1. The molecule has 22 heavy (non-hydrogen) atoms. The quantitative estimate of drug-likeness (QED) is 0.922. The minimum atomic E-state index is 0.0365. The monoisotopic (exact) mass is 299 g/mol. The number of hydrogen-bond acceptors (Lipinski definition) is 2. The number of aryl methyl sites for hydroxylation is 1. The Morgan fingerprint density at radius 1 is 1.27 bits per heavy atom. The van der Waals surface area contributed by atoms with Gasteiger partial charge in [-0.05, 0) is 38.4 Å². The van der Waals surface area contributed by atoms with E-state index in [-0.39, 0.29) is 5.91 Å². The van der Waals surface area contributed by atoms with Crippen LogP contribution in [0.15, 0.2) is 30.5 Å². The highest BCUT2D eigenvalue weighted by molar-refractivity contribution is 6.06. The van der Waals surface area contributed by atoms with Crippen molar-refractivity contribution in [2.45, 2.75) is 32.2 Å². The van der Waals surface area contributed by atoms with Crippen molar-refractivity contribution in [3.05, 3.63) is 36.0 Å². The summed E-state index contributed by atoms with van der Waals surface area (Å²) in [7, 11) is 1.98. The molecule has 0 aliphatic carbocycles. The highest BCUT2D eigenvalue weighted by Gasteiger charge is 2.21. The summed E-state index contributed by atoms with van der Waals surface area (Å²) in [6, 6.07) is 8.51. The second kappa shape index (κ2) is 6.53. The highest BCUT2D eigenvalue weighted by atomic mass is 16.1. The lowest BCUT2D eigenvalue weighted by atomic mass is 10.1. The van der Waals surface area contributed by atoms with Crippen LogP contribution >= 0.6 is 0 Å². The van der Waals surface area contributed by atoms with E-state index in [0.717, 1.165) is 29.4 Å². The van der Waals surface area contributed by atoms with Gasteiger partial charge in [0, 0.05) is 36.7 Å². The van der Waals surface area contributed by atoms with Crippen LogP contribution in [0.4, 0.5) is 0 Å². The lowest BCUT2D eigenvalue weighted by molar-refractivity contribution is 0.0938. The van der Waals surface area contributed by atoms with Crippen LogP contribution in [0.2, 0.25) is 0 Å². The smallest absolute Gasteiger partial charge is 0.253 e. The first-order valence-electron chi connectivity index (χ1n) is 8.27. The fraction of sp³-hybridized carbons (Fsp3) is 0.500. The molecule has 1 atom stereocenters. The van der Waals surface area contributed by atoms with Crippen molar-refractivity contribution in [1.82, 2.24) is 14.8 Å². The van der Waals surface area contributed by atoms with Gasteiger partial charge in [0.25, 0.3) is 5.91 Å². The number of likely N-dealkylation sites (tertiary alicyclic amines) is 1. The van der Waals surface area contributed by atoms with Gasteiger partial charge in [0.1, 0.15) is 0 Å². The van der Waals surface area contributed by atoms with Crippen LogP contribution in [0, 0.1) is 0 Å². The Balaban J connectivity index is 1.70. The number of amides is 1. The predicted molar refractivity (Wildman–Crippen MR) is 90.1 cm³/mol. The van der Waals surface area contributed by atoms with Crippen LogP contribution in [0.1, 0.15) is 36.5 Å². The van der Waals surface area contributed by atoms with Gasteiger partial charge in [-0.25, -0.2) is 0 Å². The van der Waals surface area contributed by atoms with E-state index in [1.54, 1.807) is 0 Å². The Kier molecular flexibility index (Phi) is 4.48. The zero-order valence-corrected chi connectivity index (χ0v) is 13.5. The zero-order chi connectivity index (χ0) is 15.5. The summed E-state index contributed by atoms with van der Waals surface area (Å²) in [5, 5.41) is 4.16. The SMILES string of the molecule is CCC(CNC(=O)c1cn(C)c2ccccc12)N1CCCC1. The molecule has 2 heterocycles. The Bertz CT molecular complexity index is 655. The number of benzene rings is 1. The standard InChI is InChI=1S/C18H25N3O/c1-3-14(21-10-6-7-11-21)12-19-18(22)16-13-20(2)17-9-5-4-8-15(16)17/h4-5,8-9,13-14H,3,6-7,10-12H2,1-2H3,(H,19,22). The van der Waals surface area contributed by atoms with Crippen LogP contribution in [0.3, 0.4) is 0 Å². The normalized spacial score (nSPS) is 17.0. The molecular weight excluding hydrogens is 274 g/mol. The molecule has 1 fully saturated rings. The molecule has 1 amide bonds. The molecule has 1 N–H and O–H groups in total. The number of aromatic nitrogens is 1. The van der Waals surface area contributed by atoms with Crippen molar-refractivity contribution in [2.24, 2.45) is 7.05 Å². The fourth-order valence-electron chi connectivity index (χ4n) is 3.47. The summed E-state index contributed by atoms with van der Waals surface area (Å²) in [4.78, 5) is 15.1. The van der Waals surface area contributed by atoms with E-state index < -0.39 is 0 Å². The molecule has 4 heteroatoms. The summed E-state index contributed by atoms with van der Waals surface area (Å²) in [6.07, 6.45) is 5.58. The number of hydrogen-bond donors (Lipinski definition) is 1. The third-order valence-corrected chi connectivity index (χ3v) is 4.77. The van der Waals surface area contributed by atoms with Crippen molar-refractivity contribution >= 4 is 16.8 Å². The summed E-state index contributed by atoms with van der Waals surface area (Å²) in [6.45, 7) is 5.27. The minimum absolute atomic E-state index is 0.0365. The van der Waals surface area contributed by atoms with E-state index in [0.29, 0.717) is 6.04 Å². The molecule has 1 aromatic heterocycles. The molecule has 1 aromatic carbocycles. The maximum absolute atomic E-state index is 12.6. The van der Waals surface area contributed by atoms with E-state index in [9.17, 15) is 4.79 Å². The van der Waals surface area contributed by atoms with Crippen LogP contribution in [-0.4, -0.2) is 41.1 Å². The second-order valence-corrected chi connectivity index (χ2v) is 6.19. The number of rotatable bonds is 5. The largest absolute Gasteiger partial charge is 0.350 e. The molecule has 0 spiro atoms. The van der Waals surface area contributed by atoms with Gasteiger partial charge in [-0.3, -0.25) is 9.69 Å². The lowest BCUT2D eigenvalue weighted by Crippen LogP contribution is -2.42. The number of nitrogens with one attached hydrogen (secondary N) is 1. The van der Waals surface area contributed by atoms with Gasteiger partial charge in [0.05, 0.1) is 5.56 Å². The van der Waals surface area contributed by atoms with E-state index in [1.807, 2.05) is 42.1 Å². The first-order chi connectivity index (χ1) is 10.7. The molecular formula is C18H25N3O. The molecule has 1 aliphatic rings. The molecule has 1 unspecified atom stereocenters. The Morgan fingerprint density at radius 2 is 2.00 bits per heavy atom. The summed E-state index contributed by atoms with van der Waals surface area (Å²) in [5.74, 6) is 0.0365. The molecule has 1 aliphatic heterocycles. The first-order valence-corrected chi connectivity index (χ1v) is 8.27. The maximum atomic E-state index is 12.6. The number of para-hydroxylation sites is 1. The third-order valence-electron chi connectivity index (χ3n) is 4.77. The third kappa shape index (κ3) is 2.88. The zero-order valence-electron chi connectivity index (χ0n) is 13.5. The Morgan fingerprint density at radius 3 is 2.73 bits per heavy atom. The fourth-order valence-corrected chi connectivity index (χ4v) is 3.47. The van der Waals surface area contributed by atoms with Gasteiger partial charge in [-0.2, -0.15) is 0 Å². The average molecular weight is 299 g/mol. The summed E-state index contributed by atoms with van der Waals surface area (Å²) in [5.41, 5.74) is 1.87. The molecule has 1 saturated heterocycles. The Hall–Kier alpha value is -1.81. The summed E-state index contributed by atoms with van der Waals surface area (Å²) >= 11 is 0. The average Bonchev–Trinajstić information content (AvgIpc) is 3.17. The van der Waals surface area contributed by atoms with E-state index in [1.165, 1.54) is 25.9 Å². The summed E-state index contributed by atoms with van der Waals surface area (Å²) < 4.78 is 2.02. The van der Waals surface area contributed by atoms with Crippen molar-refractivity contribution in [3.63, 3.8) is 0 Å². The minimum Gasteiger partial charge on any atom is -0.350 e. The maximum Gasteiger partial charge on any atom is 0.253 e. The molecule has 0 radical (unpaired) electrons. The predicted octanol–water partition coefficient (Wildman–Crippen LogP) is 2.78. The molecule has 118 valence electrons. The van der Waals surface area contributed by atoms with Crippen LogP contribution in [0.25, 0.3) is 10.9 Å². The molecule has 2 aromatic rings.